The molecule has 0 fully saturated rings. The number of carbonyl (C=O) groups is 1. The maximum Gasteiger partial charge on any atom is 0.277 e. The van der Waals surface area contributed by atoms with Gasteiger partial charge in [0.25, 0.3) is 5.22 Å². The van der Waals surface area contributed by atoms with Crippen LogP contribution in [-0.4, -0.2) is 47.5 Å². The minimum Gasteiger partial charge on any atom is -0.496 e. The van der Waals surface area contributed by atoms with Crippen LogP contribution in [0.4, 0.5) is 0 Å². The Hall–Kier alpha value is -2.02. The molecule has 1 heterocycles. The summed E-state index contributed by atoms with van der Waals surface area (Å²) < 4.78 is 11.0. The zero-order valence-electron chi connectivity index (χ0n) is 14.6. The van der Waals surface area contributed by atoms with E-state index in [9.17, 15) is 4.79 Å². The van der Waals surface area contributed by atoms with E-state index in [2.05, 4.69) is 10.2 Å². The molecule has 0 saturated carbocycles. The number of aromatic nitrogens is 2. The number of hydrogen-bond acceptors (Lipinski definition) is 6. The second-order valence-electron chi connectivity index (χ2n) is 5.97. The van der Waals surface area contributed by atoms with Crippen molar-refractivity contribution in [1.29, 1.82) is 0 Å². The second kappa shape index (κ2) is 8.19. The first-order chi connectivity index (χ1) is 11.4. The number of nitrogens with zero attached hydrogens (tertiary/aromatic N) is 3. The van der Waals surface area contributed by atoms with Crippen LogP contribution in [0.5, 0.6) is 5.75 Å². The van der Waals surface area contributed by atoms with Crippen LogP contribution >= 0.6 is 11.8 Å². The van der Waals surface area contributed by atoms with E-state index < -0.39 is 0 Å². The number of ether oxygens (including phenoxy) is 1. The summed E-state index contributed by atoms with van der Waals surface area (Å²) in [7, 11) is 5.13. The summed E-state index contributed by atoms with van der Waals surface area (Å²) in [6, 6.07) is 7.71. The van der Waals surface area contributed by atoms with Crippen LogP contribution < -0.4 is 4.74 Å². The molecule has 0 N–H and O–H groups in total. The number of rotatable bonds is 7. The average molecular weight is 349 g/mol. The predicted octanol–water partition coefficient (Wildman–Crippen LogP) is 2.87. The van der Waals surface area contributed by atoms with E-state index in [4.69, 9.17) is 9.15 Å². The molecule has 0 aliphatic carbocycles. The first-order valence-corrected chi connectivity index (χ1v) is 8.62. The molecule has 0 spiro atoms. The summed E-state index contributed by atoms with van der Waals surface area (Å²) in [5.41, 5.74) is 0.977. The van der Waals surface area contributed by atoms with Crippen LogP contribution in [-0.2, 0) is 11.2 Å². The van der Waals surface area contributed by atoms with Gasteiger partial charge in [-0.3, -0.25) is 4.79 Å². The third-order valence-electron chi connectivity index (χ3n) is 3.50. The van der Waals surface area contributed by atoms with Gasteiger partial charge in [0.05, 0.1) is 18.8 Å². The Bertz CT molecular complexity index is 685. The predicted molar refractivity (Wildman–Crippen MR) is 93.3 cm³/mol. The van der Waals surface area contributed by atoms with Crippen LogP contribution in [0, 0.1) is 5.92 Å². The van der Waals surface area contributed by atoms with Gasteiger partial charge in [-0.05, 0) is 12.0 Å². The Morgan fingerprint density at radius 2 is 2.00 bits per heavy atom. The quantitative estimate of drug-likeness (QED) is 0.716. The van der Waals surface area contributed by atoms with Crippen molar-refractivity contribution >= 4 is 17.7 Å². The average Bonchev–Trinajstić information content (AvgIpc) is 2.99. The van der Waals surface area contributed by atoms with Crippen LogP contribution in [0.15, 0.2) is 33.9 Å². The highest BCUT2D eigenvalue weighted by molar-refractivity contribution is 8.00. The normalized spacial score (nSPS) is 12.2. The summed E-state index contributed by atoms with van der Waals surface area (Å²) in [6.45, 7) is 4.01. The van der Waals surface area contributed by atoms with Gasteiger partial charge in [-0.25, -0.2) is 0 Å². The van der Waals surface area contributed by atoms with Gasteiger partial charge in [-0.1, -0.05) is 43.8 Å². The number of carbonyl (C=O) groups excluding carboxylic acids is 1. The van der Waals surface area contributed by atoms with Crippen molar-refractivity contribution in [3.63, 3.8) is 0 Å². The summed E-state index contributed by atoms with van der Waals surface area (Å²) >= 11 is 1.31. The van der Waals surface area contributed by atoms with Gasteiger partial charge < -0.3 is 14.1 Å². The molecule has 7 heteroatoms. The SMILES string of the molecule is COc1ccccc1Cc1nnc(S[C@@H](C(=O)N(C)C)C(C)C)o1. The second-order valence-corrected chi connectivity index (χ2v) is 7.06. The van der Waals surface area contributed by atoms with Crippen molar-refractivity contribution in [2.24, 2.45) is 5.92 Å². The van der Waals surface area contributed by atoms with Crippen LogP contribution in [0.2, 0.25) is 0 Å². The highest BCUT2D eigenvalue weighted by Crippen LogP contribution is 2.29. The van der Waals surface area contributed by atoms with E-state index >= 15 is 0 Å². The molecule has 0 aliphatic heterocycles. The lowest BCUT2D eigenvalue weighted by molar-refractivity contribution is -0.128. The molecular weight excluding hydrogens is 326 g/mol. The zero-order chi connectivity index (χ0) is 17.7. The molecule has 2 aromatic rings. The van der Waals surface area contributed by atoms with E-state index in [1.165, 1.54) is 11.8 Å². The van der Waals surface area contributed by atoms with Crippen LogP contribution in [0.1, 0.15) is 25.3 Å². The molecule has 1 atom stereocenters. The molecule has 1 aromatic heterocycles. The van der Waals surface area contributed by atoms with Crippen molar-refractivity contribution in [3.05, 3.63) is 35.7 Å². The summed E-state index contributed by atoms with van der Waals surface area (Å²) in [6.07, 6.45) is 0.492. The molecule has 6 nitrogen and oxygen atoms in total. The zero-order valence-corrected chi connectivity index (χ0v) is 15.5. The molecule has 0 unspecified atom stereocenters. The molecule has 1 aromatic carbocycles. The first-order valence-electron chi connectivity index (χ1n) is 7.74. The van der Waals surface area contributed by atoms with E-state index in [1.807, 2.05) is 38.1 Å². The van der Waals surface area contributed by atoms with E-state index in [0.29, 0.717) is 17.5 Å². The smallest absolute Gasteiger partial charge is 0.277 e. The number of benzene rings is 1. The maximum atomic E-state index is 12.3. The Morgan fingerprint density at radius 3 is 2.62 bits per heavy atom. The monoisotopic (exact) mass is 349 g/mol. The fraction of sp³-hybridized carbons (Fsp3) is 0.471. The minimum atomic E-state index is -0.250. The molecular formula is C17H23N3O3S. The fourth-order valence-corrected chi connectivity index (χ4v) is 3.24. The summed E-state index contributed by atoms with van der Waals surface area (Å²) in [4.78, 5) is 13.9. The van der Waals surface area contributed by atoms with E-state index in [1.54, 1.807) is 26.1 Å². The molecule has 0 aliphatic rings. The third kappa shape index (κ3) is 4.50. The molecule has 24 heavy (non-hydrogen) atoms. The summed E-state index contributed by atoms with van der Waals surface area (Å²) in [5.74, 6) is 1.49. The van der Waals surface area contributed by atoms with Crippen molar-refractivity contribution in [2.75, 3.05) is 21.2 Å². The molecule has 130 valence electrons. The lowest BCUT2D eigenvalue weighted by atomic mass is 10.1. The summed E-state index contributed by atoms with van der Waals surface area (Å²) in [5, 5.41) is 8.31. The number of hydrogen-bond donors (Lipinski definition) is 0. The van der Waals surface area contributed by atoms with Crippen LogP contribution in [0.3, 0.4) is 0 Å². The molecule has 2 rings (SSSR count). The van der Waals surface area contributed by atoms with Gasteiger partial charge in [0.15, 0.2) is 0 Å². The van der Waals surface area contributed by atoms with Gasteiger partial charge >= 0.3 is 0 Å². The lowest BCUT2D eigenvalue weighted by Crippen LogP contribution is -2.34. The van der Waals surface area contributed by atoms with Gasteiger partial charge in [0.1, 0.15) is 5.75 Å². The van der Waals surface area contributed by atoms with E-state index in [-0.39, 0.29) is 17.1 Å². The largest absolute Gasteiger partial charge is 0.496 e. The maximum absolute atomic E-state index is 12.3. The van der Waals surface area contributed by atoms with Crippen molar-refractivity contribution in [2.45, 2.75) is 30.7 Å². The fourth-order valence-electron chi connectivity index (χ4n) is 2.20. The van der Waals surface area contributed by atoms with Gasteiger partial charge in [0.2, 0.25) is 11.8 Å². The van der Waals surface area contributed by atoms with Crippen LogP contribution in [0.25, 0.3) is 0 Å². The van der Waals surface area contributed by atoms with Crippen molar-refractivity contribution in [3.8, 4) is 5.75 Å². The standard InChI is InChI=1S/C17H23N3O3S/c1-11(2)15(16(21)20(3)4)24-17-19-18-14(23-17)10-12-8-6-7-9-13(12)22-5/h6-9,11,15H,10H2,1-5H3/t15-/m1/s1. The molecule has 0 radical (unpaired) electrons. The topological polar surface area (TPSA) is 68.5 Å². The Kier molecular flexibility index (Phi) is 6.25. The highest BCUT2D eigenvalue weighted by atomic mass is 32.2. The highest BCUT2D eigenvalue weighted by Gasteiger charge is 2.27. The Labute approximate surface area is 146 Å². The van der Waals surface area contributed by atoms with Crippen molar-refractivity contribution < 1.29 is 13.9 Å². The van der Waals surface area contributed by atoms with E-state index in [0.717, 1.165) is 11.3 Å². The minimum absolute atomic E-state index is 0.0412. The Morgan fingerprint density at radius 1 is 1.29 bits per heavy atom. The molecule has 0 bridgehead atoms. The van der Waals surface area contributed by atoms with Gasteiger partial charge in [-0.2, -0.15) is 0 Å². The van der Waals surface area contributed by atoms with Gasteiger partial charge in [0, 0.05) is 19.7 Å². The third-order valence-corrected chi connectivity index (χ3v) is 4.87. The number of thioether (sulfide) groups is 1. The number of amides is 1. The van der Waals surface area contributed by atoms with Crippen molar-refractivity contribution in [1.82, 2.24) is 15.1 Å². The Balaban J connectivity index is 2.11. The number of para-hydroxylation sites is 1. The molecule has 0 saturated heterocycles. The lowest BCUT2D eigenvalue weighted by Gasteiger charge is -2.21. The molecule has 1 amide bonds. The van der Waals surface area contributed by atoms with Gasteiger partial charge in [-0.15, -0.1) is 10.2 Å². The first kappa shape index (κ1) is 18.3. The number of methoxy groups -OCH3 is 1.